The second-order valence-corrected chi connectivity index (χ2v) is 14.9. The molecule has 0 atom stereocenters. The van der Waals surface area contributed by atoms with Crippen LogP contribution in [0, 0.1) is 13.0 Å². The number of aryl methyl sites for hydroxylation is 1. The first-order chi connectivity index (χ1) is 23.0. The molecule has 0 aliphatic rings. The third kappa shape index (κ3) is 5.74. The normalized spacial score (nSPS) is 12.2. The van der Waals surface area contributed by atoms with Crippen molar-refractivity contribution in [3.63, 3.8) is 0 Å². The van der Waals surface area contributed by atoms with Crippen LogP contribution >= 0.6 is 0 Å². The van der Waals surface area contributed by atoms with Crippen LogP contribution in [-0.2, 0) is 31.9 Å². The van der Waals surface area contributed by atoms with Crippen LogP contribution in [0.5, 0.6) is 0 Å². The van der Waals surface area contributed by atoms with Gasteiger partial charge in [-0.25, -0.2) is 0 Å². The monoisotopic (exact) mass is 820 g/mol. The number of rotatable bonds is 4. The topological polar surface area (TPSA) is 49.7 Å². The number of hydrogen-bond acceptors (Lipinski definition) is 2. The molecule has 0 saturated carbocycles. The minimum absolute atomic E-state index is 0. The number of benzene rings is 4. The molecule has 8 rings (SSSR count). The molecular formula is C43H39N5Pt. The second-order valence-electron chi connectivity index (χ2n) is 14.9. The fourth-order valence-corrected chi connectivity index (χ4v) is 6.62. The second kappa shape index (κ2) is 12.0. The van der Waals surface area contributed by atoms with Gasteiger partial charge < -0.3 is 14.1 Å². The zero-order chi connectivity index (χ0) is 33.4. The maximum atomic E-state index is 5.41. The van der Waals surface area contributed by atoms with Crippen molar-refractivity contribution in [2.45, 2.75) is 59.3 Å². The predicted octanol–water partition coefficient (Wildman–Crippen LogP) is 10.5. The number of pyridine rings is 1. The SMILES string of the molecule is Cc1ccc(-n2c3ccc(C(C)(C)C)cc3c3ccc(-c4[c-]c(-c5nc6ccccc6n5-c5ccccc5)cc(C(C)(C)C)c4)nc32)[n-]1.[Pt+2]. The molecule has 0 N–H and O–H groups in total. The van der Waals surface area contributed by atoms with E-state index in [1.807, 2.05) is 19.1 Å². The average Bonchev–Trinajstić information content (AvgIpc) is 3.76. The van der Waals surface area contributed by atoms with Gasteiger partial charge in [0.05, 0.1) is 22.5 Å². The van der Waals surface area contributed by atoms with Crippen molar-refractivity contribution in [3.05, 3.63) is 132 Å². The fraction of sp³-hybridized carbons (Fsp3) is 0.209. The number of imidazole rings is 1. The molecular weight excluding hydrogens is 782 g/mol. The number of hydrogen-bond donors (Lipinski definition) is 0. The molecule has 0 aliphatic heterocycles. The minimum atomic E-state index is -0.110. The van der Waals surface area contributed by atoms with Gasteiger partial charge in [0.15, 0.2) is 0 Å². The van der Waals surface area contributed by atoms with Crippen molar-refractivity contribution in [1.82, 2.24) is 24.1 Å². The Labute approximate surface area is 302 Å². The average molecular weight is 821 g/mol. The first-order valence-corrected chi connectivity index (χ1v) is 16.6. The Bertz CT molecular complexity index is 2480. The predicted molar refractivity (Wildman–Crippen MR) is 198 cm³/mol. The van der Waals surface area contributed by atoms with Crippen LogP contribution in [0.3, 0.4) is 0 Å². The summed E-state index contributed by atoms with van der Waals surface area (Å²) in [5.74, 6) is 1.74. The third-order valence-corrected chi connectivity index (χ3v) is 9.30. The molecule has 0 aliphatic carbocycles. The summed E-state index contributed by atoms with van der Waals surface area (Å²) in [5, 5.41) is 2.29. The molecule has 0 fully saturated rings. The van der Waals surface area contributed by atoms with E-state index in [4.69, 9.17) is 15.0 Å². The Morgan fingerprint density at radius 1 is 0.612 bits per heavy atom. The molecule has 8 aromatic rings. The molecule has 49 heavy (non-hydrogen) atoms. The summed E-state index contributed by atoms with van der Waals surface area (Å²) in [5.41, 5.74) is 11.2. The Balaban J connectivity index is 0.00000378. The molecule has 6 heteroatoms. The molecule has 0 amide bonds. The van der Waals surface area contributed by atoms with E-state index < -0.39 is 0 Å². The molecule has 4 heterocycles. The van der Waals surface area contributed by atoms with E-state index in [1.165, 1.54) is 16.5 Å². The molecule has 0 spiro atoms. The van der Waals surface area contributed by atoms with Crippen molar-refractivity contribution in [1.29, 1.82) is 0 Å². The maximum Gasteiger partial charge on any atom is 2.00 e. The van der Waals surface area contributed by atoms with Gasteiger partial charge in [0.1, 0.15) is 0 Å². The van der Waals surface area contributed by atoms with Crippen molar-refractivity contribution in [2.24, 2.45) is 0 Å². The van der Waals surface area contributed by atoms with Crippen LogP contribution in [0.4, 0.5) is 0 Å². The fourth-order valence-electron chi connectivity index (χ4n) is 6.62. The van der Waals surface area contributed by atoms with Gasteiger partial charge in [0.25, 0.3) is 0 Å². The minimum Gasteiger partial charge on any atom is -0.440 e. The van der Waals surface area contributed by atoms with Crippen molar-refractivity contribution in [3.8, 4) is 34.2 Å². The Morgan fingerprint density at radius 3 is 2.04 bits per heavy atom. The van der Waals surface area contributed by atoms with Crippen molar-refractivity contribution >= 4 is 33.0 Å². The van der Waals surface area contributed by atoms with E-state index in [0.717, 1.165) is 67.4 Å². The van der Waals surface area contributed by atoms with Crippen LogP contribution < -0.4 is 4.98 Å². The summed E-state index contributed by atoms with van der Waals surface area (Å²) in [6.07, 6.45) is 0. The van der Waals surface area contributed by atoms with Crippen LogP contribution in [-0.4, -0.2) is 19.1 Å². The summed E-state index contributed by atoms with van der Waals surface area (Å²) < 4.78 is 4.44. The molecule has 0 bridgehead atoms. The van der Waals surface area contributed by atoms with Crippen LogP contribution in [0.2, 0.25) is 0 Å². The van der Waals surface area contributed by atoms with E-state index in [0.29, 0.717) is 0 Å². The molecule has 4 aromatic carbocycles. The maximum absolute atomic E-state index is 5.41. The van der Waals surface area contributed by atoms with E-state index >= 15 is 0 Å². The number of aromatic nitrogens is 5. The van der Waals surface area contributed by atoms with Gasteiger partial charge in [-0.2, -0.15) is 0 Å². The van der Waals surface area contributed by atoms with E-state index in [2.05, 4.69) is 154 Å². The zero-order valence-electron chi connectivity index (χ0n) is 28.9. The first-order valence-electron chi connectivity index (χ1n) is 16.6. The Kier molecular flexibility index (Phi) is 8.03. The number of para-hydroxylation sites is 3. The molecule has 0 unspecified atom stereocenters. The van der Waals surface area contributed by atoms with Crippen LogP contribution in [0.15, 0.2) is 109 Å². The van der Waals surface area contributed by atoms with Gasteiger partial charge in [-0.1, -0.05) is 137 Å². The molecule has 0 saturated heterocycles. The van der Waals surface area contributed by atoms with Crippen LogP contribution in [0.25, 0.3) is 67.1 Å². The van der Waals surface area contributed by atoms with Gasteiger partial charge in [-0.3, -0.25) is 9.97 Å². The van der Waals surface area contributed by atoms with Gasteiger partial charge in [0, 0.05) is 16.8 Å². The molecule has 246 valence electrons. The van der Waals surface area contributed by atoms with Gasteiger partial charge >= 0.3 is 21.1 Å². The van der Waals surface area contributed by atoms with Crippen molar-refractivity contribution < 1.29 is 21.1 Å². The van der Waals surface area contributed by atoms with Gasteiger partial charge in [-0.05, 0) is 58.5 Å². The van der Waals surface area contributed by atoms with E-state index in [-0.39, 0.29) is 31.9 Å². The number of fused-ring (bicyclic) bond motifs is 4. The molecule has 5 nitrogen and oxygen atoms in total. The standard InChI is InChI=1S/C43H39N5.Pt/c1-27-17-22-39(44-27)48-37-21-18-30(42(2,3)4)26-34(37)33-19-20-35(45-41(33)48)28-23-29(25-31(24-28)43(5,6)7)40-46-36-15-11-12-16-38(36)47(40)32-13-9-8-10-14-32;/h8-22,24-26H,1-7H3;/q-2;+2. The Morgan fingerprint density at radius 2 is 1.33 bits per heavy atom. The smallest absolute Gasteiger partial charge is 0.440 e. The molecule has 4 aromatic heterocycles. The summed E-state index contributed by atoms with van der Waals surface area (Å²) in [7, 11) is 0. The quantitative estimate of drug-likeness (QED) is 0.166. The number of nitrogens with zero attached hydrogens (tertiary/aromatic N) is 5. The van der Waals surface area contributed by atoms with Crippen molar-refractivity contribution in [2.75, 3.05) is 0 Å². The third-order valence-electron chi connectivity index (χ3n) is 9.30. The van der Waals surface area contributed by atoms with E-state index in [1.54, 1.807) is 0 Å². The summed E-state index contributed by atoms with van der Waals surface area (Å²) in [6.45, 7) is 15.6. The first kappa shape index (κ1) is 32.8. The van der Waals surface area contributed by atoms with E-state index in [9.17, 15) is 0 Å². The largest absolute Gasteiger partial charge is 2.00 e. The molecule has 0 radical (unpaired) electrons. The van der Waals surface area contributed by atoms with Gasteiger partial charge in [-0.15, -0.1) is 23.8 Å². The van der Waals surface area contributed by atoms with Crippen LogP contribution in [0.1, 0.15) is 58.4 Å². The Hall–Kier alpha value is -4.73. The van der Waals surface area contributed by atoms with Gasteiger partial charge in [0.2, 0.25) is 0 Å². The zero-order valence-corrected chi connectivity index (χ0v) is 31.2. The summed E-state index contributed by atoms with van der Waals surface area (Å²) in [4.78, 5) is 15.5. The summed E-state index contributed by atoms with van der Waals surface area (Å²) >= 11 is 0. The summed E-state index contributed by atoms with van der Waals surface area (Å²) in [6, 6.07) is 42.3.